The lowest BCUT2D eigenvalue weighted by Gasteiger charge is -2.15. The molecule has 3 N–H and O–H groups in total. The molecule has 0 aliphatic carbocycles. The minimum absolute atomic E-state index is 0.0233. The largest absolute Gasteiger partial charge is 0.447 e. The smallest absolute Gasteiger partial charge is 0.407 e. The topological polar surface area (TPSA) is 87.7 Å². The Morgan fingerprint density at radius 3 is 2.33 bits per heavy atom. The Kier molecular flexibility index (Phi) is 6.44. The van der Waals surface area contributed by atoms with Crippen molar-refractivity contribution in [2.45, 2.75) is 32.9 Å². The van der Waals surface area contributed by atoms with Crippen LogP contribution in [0, 0.1) is 0 Å². The SMILES string of the molecule is CC(C)NC(=O)C(C)NC(=O)OCCO. The summed E-state index contributed by atoms with van der Waals surface area (Å²) >= 11 is 0. The average Bonchev–Trinajstić information content (AvgIpc) is 2.13. The van der Waals surface area contributed by atoms with Gasteiger partial charge in [0.25, 0.3) is 0 Å². The number of ether oxygens (including phenoxy) is 1. The maximum Gasteiger partial charge on any atom is 0.407 e. The van der Waals surface area contributed by atoms with Gasteiger partial charge in [-0.25, -0.2) is 4.79 Å². The van der Waals surface area contributed by atoms with E-state index in [1.165, 1.54) is 0 Å². The first-order valence-electron chi connectivity index (χ1n) is 4.82. The molecule has 88 valence electrons. The van der Waals surface area contributed by atoms with Crippen molar-refractivity contribution >= 4 is 12.0 Å². The highest BCUT2D eigenvalue weighted by Gasteiger charge is 2.16. The summed E-state index contributed by atoms with van der Waals surface area (Å²) in [4.78, 5) is 22.3. The number of aliphatic hydroxyl groups excluding tert-OH is 1. The Labute approximate surface area is 89.0 Å². The van der Waals surface area contributed by atoms with Gasteiger partial charge in [-0.1, -0.05) is 0 Å². The van der Waals surface area contributed by atoms with Gasteiger partial charge in [-0.2, -0.15) is 0 Å². The third kappa shape index (κ3) is 6.73. The Morgan fingerprint density at radius 1 is 1.27 bits per heavy atom. The third-order valence-electron chi connectivity index (χ3n) is 1.48. The summed E-state index contributed by atoms with van der Waals surface area (Å²) in [6, 6.07) is -0.631. The van der Waals surface area contributed by atoms with E-state index in [1.54, 1.807) is 6.92 Å². The van der Waals surface area contributed by atoms with Gasteiger partial charge in [-0.3, -0.25) is 4.79 Å². The molecule has 0 fully saturated rings. The summed E-state index contributed by atoms with van der Waals surface area (Å²) in [6.07, 6.45) is -0.713. The van der Waals surface area contributed by atoms with Crippen LogP contribution in [-0.2, 0) is 9.53 Å². The van der Waals surface area contributed by atoms with Crippen LogP contribution in [0.2, 0.25) is 0 Å². The molecule has 0 aliphatic heterocycles. The van der Waals surface area contributed by atoms with Crippen LogP contribution in [-0.4, -0.2) is 42.4 Å². The van der Waals surface area contributed by atoms with Crippen LogP contribution in [0.15, 0.2) is 0 Å². The predicted octanol–water partition coefficient (Wildman–Crippen LogP) is -0.382. The highest BCUT2D eigenvalue weighted by molar-refractivity contribution is 5.85. The first-order valence-corrected chi connectivity index (χ1v) is 4.82. The minimum Gasteiger partial charge on any atom is -0.447 e. The lowest BCUT2D eigenvalue weighted by Crippen LogP contribution is -2.47. The molecule has 0 spiro atoms. The van der Waals surface area contributed by atoms with E-state index in [2.05, 4.69) is 15.4 Å². The van der Waals surface area contributed by atoms with Crippen LogP contribution in [0.25, 0.3) is 0 Å². The minimum atomic E-state index is -0.713. The van der Waals surface area contributed by atoms with Gasteiger partial charge in [-0.15, -0.1) is 0 Å². The standard InChI is InChI=1S/C9H18N2O4/c1-6(2)10-8(13)7(3)11-9(14)15-5-4-12/h6-7,12H,4-5H2,1-3H3,(H,10,13)(H,11,14). The second-order valence-corrected chi connectivity index (χ2v) is 3.39. The van der Waals surface area contributed by atoms with E-state index in [0.29, 0.717) is 0 Å². The highest BCUT2D eigenvalue weighted by atomic mass is 16.6. The zero-order chi connectivity index (χ0) is 11.8. The van der Waals surface area contributed by atoms with E-state index >= 15 is 0 Å². The molecular weight excluding hydrogens is 200 g/mol. The molecule has 0 bridgehead atoms. The molecule has 0 heterocycles. The van der Waals surface area contributed by atoms with E-state index in [9.17, 15) is 9.59 Å². The van der Waals surface area contributed by atoms with Crippen molar-refractivity contribution in [2.24, 2.45) is 0 Å². The molecule has 0 aliphatic rings. The van der Waals surface area contributed by atoms with Gasteiger partial charge in [0, 0.05) is 6.04 Å². The second-order valence-electron chi connectivity index (χ2n) is 3.39. The van der Waals surface area contributed by atoms with Crippen molar-refractivity contribution in [3.8, 4) is 0 Å². The number of hydrogen-bond acceptors (Lipinski definition) is 4. The highest BCUT2D eigenvalue weighted by Crippen LogP contribution is 1.87. The van der Waals surface area contributed by atoms with E-state index in [-0.39, 0.29) is 25.2 Å². The quantitative estimate of drug-likeness (QED) is 0.587. The molecule has 0 aromatic rings. The van der Waals surface area contributed by atoms with Crippen LogP contribution in [0.3, 0.4) is 0 Å². The molecule has 0 aromatic carbocycles. The van der Waals surface area contributed by atoms with Crippen molar-refractivity contribution < 1.29 is 19.4 Å². The van der Waals surface area contributed by atoms with E-state index in [1.807, 2.05) is 13.8 Å². The number of hydrogen-bond donors (Lipinski definition) is 3. The zero-order valence-corrected chi connectivity index (χ0v) is 9.24. The normalized spacial score (nSPS) is 12.1. The van der Waals surface area contributed by atoms with Crippen LogP contribution in [0.5, 0.6) is 0 Å². The van der Waals surface area contributed by atoms with Gasteiger partial charge in [-0.05, 0) is 20.8 Å². The Morgan fingerprint density at radius 2 is 1.87 bits per heavy atom. The second kappa shape index (κ2) is 7.05. The van der Waals surface area contributed by atoms with E-state index in [4.69, 9.17) is 5.11 Å². The summed E-state index contributed by atoms with van der Waals surface area (Å²) in [5, 5.41) is 13.4. The fourth-order valence-electron chi connectivity index (χ4n) is 0.832. The van der Waals surface area contributed by atoms with Crippen molar-refractivity contribution in [3.63, 3.8) is 0 Å². The van der Waals surface area contributed by atoms with Crippen LogP contribution >= 0.6 is 0 Å². The average molecular weight is 218 g/mol. The number of carbonyl (C=O) groups is 2. The van der Waals surface area contributed by atoms with E-state index in [0.717, 1.165) is 0 Å². The molecule has 6 nitrogen and oxygen atoms in total. The van der Waals surface area contributed by atoms with Crippen molar-refractivity contribution in [1.29, 1.82) is 0 Å². The van der Waals surface area contributed by atoms with Gasteiger partial charge in [0.2, 0.25) is 5.91 Å². The number of nitrogens with one attached hydrogen (secondary N) is 2. The molecule has 0 aromatic heterocycles. The predicted molar refractivity (Wildman–Crippen MR) is 54.3 cm³/mol. The number of rotatable bonds is 5. The monoisotopic (exact) mass is 218 g/mol. The van der Waals surface area contributed by atoms with Crippen molar-refractivity contribution in [1.82, 2.24) is 10.6 Å². The number of amides is 2. The van der Waals surface area contributed by atoms with Gasteiger partial charge < -0.3 is 20.5 Å². The van der Waals surface area contributed by atoms with Crippen LogP contribution in [0.4, 0.5) is 4.79 Å². The van der Waals surface area contributed by atoms with Crippen LogP contribution < -0.4 is 10.6 Å². The first kappa shape index (κ1) is 13.7. The Bertz CT molecular complexity index is 218. The molecule has 0 saturated heterocycles. The van der Waals surface area contributed by atoms with Gasteiger partial charge in [0.15, 0.2) is 0 Å². The van der Waals surface area contributed by atoms with Gasteiger partial charge >= 0.3 is 6.09 Å². The maximum atomic E-state index is 11.3. The Balaban J connectivity index is 3.85. The number of aliphatic hydroxyl groups is 1. The summed E-state index contributed by atoms with van der Waals surface area (Å²) in [6.45, 7) is 4.89. The summed E-state index contributed by atoms with van der Waals surface area (Å²) in [5.74, 6) is -0.272. The molecule has 0 rings (SSSR count). The van der Waals surface area contributed by atoms with Crippen LogP contribution in [0.1, 0.15) is 20.8 Å². The van der Waals surface area contributed by atoms with Crippen molar-refractivity contribution in [3.05, 3.63) is 0 Å². The third-order valence-corrected chi connectivity index (χ3v) is 1.48. The number of carbonyl (C=O) groups excluding carboxylic acids is 2. The van der Waals surface area contributed by atoms with Gasteiger partial charge in [0.1, 0.15) is 12.6 Å². The van der Waals surface area contributed by atoms with Crippen molar-refractivity contribution in [2.75, 3.05) is 13.2 Å². The summed E-state index contributed by atoms with van der Waals surface area (Å²) < 4.78 is 4.54. The fraction of sp³-hybridized carbons (Fsp3) is 0.778. The maximum absolute atomic E-state index is 11.3. The molecular formula is C9H18N2O4. The molecule has 0 radical (unpaired) electrons. The molecule has 1 unspecified atom stereocenters. The van der Waals surface area contributed by atoms with Gasteiger partial charge in [0.05, 0.1) is 6.61 Å². The first-order chi connectivity index (χ1) is 6.97. The lowest BCUT2D eigenvalue weighted by atomic mass is 10.3. The molecule has 2 amide bonds. The summed E-state index contributed by atoms with van der Waals surface area (Å²) in [5.41, 5.74) is 0. The molecule has 6 heteroatoms. The van der Waals surface area contributed by atoms with E-state index < -0.39 is 12.1 Å². The lowest BCUT2D eigenvalue weighted by molar-refractivity contribution is -0.123. The number of alkyl carbamates (subject to hydrolysis) is 1. The Hall–Kier alpha value is -1.30. The summed E-state index contributed by atoms with van der Waals surface area (Å²) in [7, 11) is 0. The molecule has 0 saturated carbocycles. The zero-order valence-electron chi connectivity index (χ0n) is 9.24. The molecule has 15 heavy (non-hydrogen) atoms. The molecule has 1 atom stereocenters. The fourth-order valence-corrected chi connectivity index (χ4v) is 0.832.